The highest BCUT2D eigenvalue weighted by Gasteiger charge is 2.39. The van der Waals surface area contributed by atoms with Crippen molar-refractivity contribution in [2.75, 3.05) is 25.5 Å². The molecular formula is C26H30F9N5O7. The molecule has 0 radical (unpaired) electrons. The lowest BCUT2D eigenvalue weighted by Crippen LogP contribution is -2.26. The average molecular weight is 696 g/mol. The molecule has 2 aromatic heterocycles. The van der Waals surface area contributed by atoms with E-state index in [-0.39, 0.29) is 11.9 Å². The van der Waals surface area contributed by atoms with E-state index in [0.717, 1.165) is 38.2 Å². The highest BCUT2D eigenvalue weighted by molar-refractivity contribution is 5.98. The molecule has 47 heavy (non-hydrogen) atoms. The Kier molecular flexibility index (Phi) is 16.6. The van der Waals surface area contributed by atoms with Crippen LogP contribution in [0.4, 0.5) is 45.3 Å². The van der Waals surface area contributed by atoms with Crippen molar-refractivity contribution in [3.63, 3.8) is 0 Å². The zero-order chi connectivity index (χ0) is 36.8. The Labute approximate surface area is 260 Å². The smallest absolute Gasteiger partial charge is 0.475 e. The second-order valence-corrected chi connectivity index (χ2v) is 9.41. The lowest BCUT2D eigenvalue weighted by atomic mass is 10.0. The van der Waals surface area contributed by atoms with Gasteiger partial charge in [-0.05, 0) is 43.5 Å². The molecule has 0 unspecified atom stereocenters. The number of aliphatic carboxylic acids is 3. The number of amides is 1. The second-order valence-electron chi connectivity index (χ2n) is 9.41. The van der Waals surface area contributed by atoms with Crippen molar-refractivity contribution in [1.29, 1.82) is 0 Å². The fourth-order valence-corrected chi connectivity index (χ4v) is 3.28. The van der Waals surface area contributed by atoms with E-state index in [1.165, 1.54) is 11.1 Å². The van der Waals surface area contributed by atoms with Crippen molar-refractivity contribution < 1.29 is 74.0 Å². The lowest BCUT2D eigenvalue weighted by molar-refractivity contribution is -0.193. The summed E-state index contributed by atoms with van der Waals surface area (Å²) in [6.07, 6.45) is -9.75. The minimum absolute atomic E-state index is 0.0973. The SMILES string of the molecule is CNC(=O)c1cc2c(nc1NC(C)C)CCN(Cc1cccnc1)CC2.O=C(O)C(F)(F)F.O=C(O)C(F)(F)F.O=C(O)C(F)(F)F. The molecular weight excluding hydrogens is 665 g/mol. The number of carboxylic acids is 3. The van der Waals surface area contributed by atoms with Crippen LogP contribution in [-0.4, -0.2) is 98.7 Å². The number of carbonyl (C=O) groups excluding carboxylic acids is 1. The van der Waals surface area contributed by atoms with E-state index >= 15 is 0 Å². The van der Waals surface area contributed by atoms with Gasteiger partial charge in [-0.15, -0.1) is 0 Å². The summed E-state index contributed by atoms with van der Waals surface area (Å²) in [6, 6.07) is 6.32. The van der Waals surface area contributed by atoms with E-state index in [1.54, 1.807) is 13.2 Å². The first-order valence-corrected chi connectivity index (χ1v) is 12.9. The maximum Gasteiger partial charge on any atom is 0.490 e. The van der Waals surface area contributed by atoms with Gasteiger partial charge >= 0.3 is 36.4 Å². The predicted octanol–water partition coefficient (Wildman–Crippen LogP) is 4.16. The Morgan fingerprint density at radius 2 is 1.34 bits per heavy atom. The fraction of sp³-hybridized carbons (Fsp3) is 0.462. The predicted molar refractivity (Wildman–Crippen MR) is 144 cm³/mol. The number of pyridine rings is 2. The largest absolute Gasteiger partial charge is 0.490 e. The van der Waals surface area contributed by atoms with Crippen LogP contribution in [0.5, 0.6) is 0 Å². The van der Waals surface area contributed by atoms with Gasteiger partial charge in [0.15, 0.2) is 0 Å². The summed E-state index contributed by atoms with van der Waals surface area (Å²) < 4.78 is 95.2. The number of nitrogens with zero attached hydrogens (tertiary/aromatic N) is 3. The zero-order valence-electron chi connectivity index (χ0n) is 24.7. The number of aromatic nitrogens is 2. The summed E-state index contributed by atoms with van der Waals surface area (Å²) in [4.78, 5) is 50.4. The summed E-state index contributed by atoms with van der Waals surface area (Å²) in [5.74, 6) is -7.69. The normalized spacial score (nSPS) is 13.1. The van der Waals surface area contributed by atoms with Crippen LogP contribution in [0, 0.1) is 0 Å². The Morgan fingerprint density at radius 3 is 1.72 bits per heavy atom. The van der Waals surface area contributed by atoms with Gasteiger partial charge in [0.05, 0.1) is 5.56 Å². The van der Waals surface area contributed by atoms with Crippen LogP contribution in [0.3, 0.4) is 0 Å². The fourth-order valence-electron chi connectivity index (χ4n) is 3.28. The maximum absolute atomic E-state index is 12.3. The molecule has 1 amide bonds. The van der Waals surface area contributed by atoms with Crippen molar-refractivity contribution >= 4 is 29.6 Å². The number of carboxylic acid groups (broad SMARTS) is 3. The quantitative estimate of drug-likeness (QED) is 0.284. The summed E-state index contributed by atoms with van der Waals surface area (Å²) in [5, 5.41) is 27.4. The number of hydrogen-bond donors (Lipinski definition) is 5. The van der Waals surface area contributed by atoms with E-state index in [1.807, 2.05) is 18.3 Å². The molecule has 0 aliphatic carbocycles. The van der Waals surface area contributed by atoms with Gasteiger partial charge in [-0.25, -0.2) is 19.4 Å². The van der Waals surface area contributed by atoms with Crippen LogP contribution < -0.4 is 10.6 Å². The number of halogens is 9. The molecule has 0 saturated carbocycles. The van der Waals surface area contributed by atoms with Gasteiger partial charge in [-0.1, -0.05) is 6.07 Å². The third-order valence-corrected chi connectivity index (χ3v) is 5.31. The van der Waals surface area contributed by atoms with Gasteiger partial charge in [-0.2, -0.15) is 39.5 Å². The number of rotatable bonds is 5. The highest BCUT2D eigenvalue weighted by atomic mass is 19.4. The Morgan fingerprint density at radius 1 is 0.872 bits per heavy atom. The summed E-state index contributed by atoms with van der Waals surface area (Å²) in [7, 11) is 1.66. The van der Waals surface area contributed by atoms with Crippen LogP contribution in [0.2, 0.25) is 0 Å². The number of carbonyl (C=O) groups is 4. The number of alkyl halides is 9. The van der Waals surface area contributed by atoms with E-state index in [9.17, 15) is 44.3 Å². The molecule has 21 heteroatoms. The molecule has 0 aromatic carbocycles. The topological polar surface area (TPSA) is 182 Å². The molecule has 2 aromatic rings. The molecule has 0 saturated heterocycles. The Bertz CT molecular complexity index is 1280. The molecule has 0 spiro atoms. The first-order chi connectivity index (χ1) is 21.4. The minimum Gasteiger partial charge on any atom is -0.475 e. The number of fused-ring (bicyclic) bond motifs is 1. The van der Waals surface area contributed by atoms with Crippen molar-refractivity contribution in [3.05, 3.63) is 53.0 Å². The zero-order valence-corrected chi connectivity index (χ0v) is 24.7. The first-order valence-electron chi connectivity index (χ1n) is 12.9. The number of nitrogens with one attached hydrogen (secondary N) is 2. The summed E-state index contributed by atoms with van der Waals surface area (Å²) in [5.41, 5.74) is 4.11. The van der Waals surface area contributed by atoms with E-state index in [0.29, 0.717) is 11.4 Å². The van der Waals surface area contributed by atoms with Crippen molar-refractivity contribution in [3.8, 4) is 0 Å². The monoisotopic (exact) mass is 695 g/mol. The van der Waals surface area contributed by atoms with Crippen LogP contribution in [0.15, 0.2) is 30.6 Å². The standard InChI is InChI=1S/C20H27N5O.3C2HF3O2/c1-14(2)23-19-17(20(26)21-3)11-16-6-9-25(10-7-18(16)24-19)13-15-5-4-8-22-12-15;3*3-2(4,5)1(6)7/h4-5,8,11-12,14H,6-7,9-10,13H2,1-3H3,(H,21,26)(H,23,24);3*(H,6,7). The molecule has 1 aliphatic heterocycles. The third kappa shape index (κ3) is 17.0. The summed E-state index contributed by atoms with van der Waals surface area (Å²) in [6.45, 7) is 6.90. The van der Waals surface area contributed by atoms with Gasteiger partial charge in [0, 0.05) is 57.2 Å². The minimum atomic E-state index is -5.08. The summed E-state index contributed by atoms with van der Waals surface area (Å²) >= 11 is 0. The van der Waals surface area contributed by atoms with Crippen molar-refractivity contribution in [1.82, 2.24) is 20.2 Å². The van der Waals surface area contributed by atoms with Crippen molar-refractivity contribution in [2.45, 2.75) is 57.8 Å². The average Bonchev–Trinajstić information content (AvgIpc) is 3.13. The third-order valence-electron chi connectivity index (χ3n) is 5.31. The van der Waals surface area contributed by atoms with Crippen LogP contribution in [0.25, 0.3) is 0 Å². The number of anilines is 1. The molecule has 5 N–H and O–H groups in total. The van der Waals surface area contributed by atoms with Gasteiger partial charge in [-0.3, -0.25) is 14.7 Å². The molecule has 3 rings (SSSR count). The Hall–Kier alpha value is -4.69. The molecule has 1 aliphatic rings. The second kappa shape index (κ2) is 18.5. The Balaban J connectivity index is 0.000000820. The number of hydrogen-bond acceptors (Lipinski definition) is 8. The molecule has 3 heterocycles. The van der Waals surface area contributed by atoms with Gasteiger partial charge in [0.1, 0.15) is 5.82 Å². The van der Waals surface area contributed by atoms with E-state index in [4.69, 9.17) is 34.7 Å². The van der Waals surface area contributed by atoms with E-state index < -0.39 is 36.4 Å². The maximum atomic E-state index is 12.3. The van der Waals surface area contributed by atoms with Crippen LogP contribution >= 0.6 is 0 Å². The van der Waals surface area contributed by atoms with Gasteiger partial charge < -0.3 is 26.0 Å². The molecule has 264 valence electrons. The molecule has 0 atom stereocenters. The molecule has 12 nitrogen and oxygen atoms in total. The van der Waals surface area contributed by atoms with Crippen LogP contribution in [0.1, 0.15) is 41.0 Å². The van der Waals surface area contributed by atoms with E-state index in [2.05, 4.69) is 40.4 Å². The lowest BCUT2D eigenvalue weighted by Gasteiger charge is -2.19. The van der Waals surface area contributed by atoms with Gasteiger partial charge in [0.25, 0.3) is 5.91 Å². The van der Waals surface area contributed by atoms with Gasteiger partial charge in [0.2, 0.25) is 0 Å². The van der Waals surface area contributed by atoms with Crippen molar-refractivity contribution in [2.24, 2.45) is 0 Å². The highest BCUT2D eigenvalue weighted by Crippen LogP contribution is 2.23. The van der Waals surface area contributed by atoms with Crippen LogP contribution in [-0.2, 0) is 33.8 Å². The molecule has 0 bridgehead atoms. The molecule has 0 fully saturated rings. The first kappa shape index (κ1) is 42.3.